The van der Waals surface area contributed by atoms with Gasteiger partial charge in [0.25, 0.3) is 5.91 Å². The second-order valence-corrected chi connectivity index (χ2v) is 8.56. The van der Waals surface area contributed by atoms with Crippen molar-refractivity contribution in [2.24, 2.45) is 0 Å². The monoisotopic (exact) mass is 389 g/mol. The molecule has 0 bridgehead atoms. The summed E-state index contributed by atoms with van der Waals surface area (Å²) in [5, 5.41) is 2.81. The third-order valence-corrected chi connectivity index (χ3v) is 7.07. The number of hydrogen-bond acceptors (Lipinski definition) is 6. The lowest BCUT2D eigenvalue weighted by Gasteiger charge is -2.19. The molecule has 1 N–H and O–H groups in total. The van der Waals surface area contributed by atoms with Gasteiger partial charge < -0.3 is 19.5 Å². The summed E-state index contributed by atoms with van der Waals surface area (Å²) in [4.78, 5) is 12.1. The molecule has 7 heteroatoms. The van der Waals surface area contributed by atoms with Gasteiger partial charge >= 0.3 is 0 Å². The Morgan fingerprint density at radius 2 is 1.77 bits per heavy atom. The van der Waals surface area contributed by atoms with Crippen molar-refractivity contribution in [3.63, 3.8) is 0 Å². The largest absolute Gasteiger partial charge is 0.486 e. The maximum atomic E-state index is 12.1. The van der Waals surface area contributed by atoms with Crippen molar-refractivity contribution in [2.75, 3.05) is 36.6 Å². The summed E-state index contributed by atoms with van der Waals surface area (Å²) in [5.74, 6) is 4.23. The van der Waals surface area contributed by atoms with Crippen LogP contribution >= 0.6 is 23.5 Å². The molecule has 0 aliphatic carbocycles. The highest BCUT2D eigenvalue weighted by atomic mass is 32.2. The molecule has 0 spiro atoms. The summed E-state index contributed by atoms with van der Waals surface area (Å²) in [6.07, 6.45) is 0. The Morgan fingerprint density at radius 3 is 2.54 bits per heavy atom. The van der Waals surface area contributed by atoms with Crippen LogP contribution in [0.5, 0.6) is 17.2 Å². The van der Waals surface area contributed by atoms with E-state index in [1.54, 1.807) is 18.2 Å². The Labute approximate surface area is 160 Å². The number of amides is 1. The molecule has 1 saturated heterocycles. The van der Waals surface area contributed by atoms with Crippen LogP contribution < -0.4 is 19.5 Å². The lowest BCUT2D eigenvalue weighted by Crippen LogP contribution is -2.20. The van der Waals surface area contributed by atoms with Gasteiger partial charge in [-0.05, 0) is 29.8 Å². The first kappa shape index (κ1) is 17.4. The second-order valence-electron chi connectivity index (χ2n) is 5.84. The van der Waals surface area contributed by atoms with Crippen molar-refractivity contribution in [1.82, 2.24) is 0 Å². The highest BCUT2D eigenvalue weighted by molar-refractivity contribution is 8.19. The zero-order chi connectivity index (χ0) is 17.8. The van der Waals surface area contributed by atoms with Crippen LogP contribution in [-0.4, -0.2) is 37.2 Å². The Balaban J connectivity index is 1.29. The molecule has 0 atom stereocenters. The first-order chi connectivity index (χ1) is 12.8. The molecule has 0 radical (unpaired) electrons. The minimum absolute atomic E-state index is 0.0410. The number of nitrogens with one attached hydrogen (secondary N) is 1. The van der Waals surface area contributed by atoms with Gasteiger partial charge in [-0.25, -0.2) is 0 Å². The van der Waals surface area contributed by atoms with E-state index in [0.29, 0.717) is 40.7 Å². The third-order valence-electron chi connectivity index (χ3n) is 3.97. The van der Waals surface area contributed by atoms with Crippen LogP contribution in [0, 0.1) is 0 Å². The van der Waals surface area contributed by atoms with Crippen LogP contribution in [0.4, 0.5) is 5.69 Å². The molecule has 1 fully saturated rings. The fourth-order valence-corrected chi connectivity index (χ4v) is 5.60. The van der Waals surface area contributed by atoms with E-state index in [4.69, 9.17) is 14.2 Å². The van der Waals surface area contributed by atoms with Gasteiger partial charge in [0.1, 0.15) is 19.0 Å². The molecule has 136 valence electrons. The molecular weight excluding hydrogens is 370 g/mol. The van der Waals surface area contributed by atoms with Gasteiger partial charge in [-0.1, -0.05) is 12.1 Å². The smallest absolute Gasteiger partial charge is 0.262 e. The van der Waals surface area contributed by atoms with E-state index in [-0.39, 0.29) is 12.5 Å². The van der Waals surface area contributed by atoms with E-state index in [2.05, 4.69) is 17.4 Å². The zero-order valence-corrected chi connectivity index (χ0v) is 15.7. The number of fused-ring (bicyclic) bond motifs is 1. The second kappa shape index (κ2) is 8.14. The molecule has 1 amide bonds. The average Bonchev–Trinajstić information content (AvgIpc) is 3.21. The van der Waals surface area contributed by atoms with E-state index in [1.165, 1.54) is 17.1 Å². The zero-order valence-electron chi connectivity index (χ0n) is 14.1. The number of ether oxygens (including phenoxy) is 3. The number of anilines is 1. The highest BCUT2D eigenvalue weighted by Crippen LogP contribution is 2.45. The Morgan fingerprint density at radius 1 is 1.04 bits per heavy atom. The number of carbonyl (C=O) groups is 1. The first-order valence-electron chi connectivity index (χ1n) is 8.43. The molecule has 2 aromatic rings. The summed E-state index contributed by atoms with van der Waals surface area (Å²) in [6.45, 7) is 1.02. The lowest BCUT2D eigenvalue weighted by molar-refractivity contribution is -0.118. The minimum Gasteiger partial charge on any atom is -0.486 e. The van der Waals surface area contributed by atoms with Gasteiger partial charge in [-0.15, -0.1) is 23.5 Å². The average molecular weight is 389 g/mol. The summed E-state index contributed by atoms with van der Waals surface area (Å²) in [6, 6.07) is 13.3. The van der Waals surface area contributed by atoms with E-state index in [9.17, 15) is 4.79 Å². The Hall–Kier alpha value is -1.99. The SMILES string of the molecule is O=C(COc1ccc(C2SCCS2)cc1)Nc1ccc2c(c1)OCCO2. The standard InChI is InChI=1S/C19H19NO4S2/c21-18(20-14-3-6-16-17(11-14)23-8-7-22-16)12-24-15-4-1-13(2-5-15)19-25-9-10-26-19/h1-6,11,19H,7-10,12H2,(H,20,21). The summed E-state index contributed by atoms with van der Waals surface area (Å²) < 4.78 is 17.1. The number of benzene rings is 2. The minimum atomic E-state index is -0.215. The molecule has 0 saturated carbocycles. The topological polar surface area (TPSA) is 56.8 Å². The summed E-state index contributed by atoms with van der Waals surface area (Å²) in [5.41, 5.74) is 1.96. The van der Waals surface area contributed by atoms with Crippen LogP contribution in [0.2, 0.25) is 0 Å². The fourth-order valence-electron chi connectivity index (χ4n) is 2.74. The van der Waals surface area contributed by atoms with Crippen molar-refractivity contribution >= 4 is 35.1 Å². The van der Waals surface area contributed by atoms with Crippen molar-refractivity contribution in [2.45, 2.75) is 4.58 Å². The van der Waals surface area contributed by atoms with Crippen LogP contribution in [0.3, 0.4) is 0 Å². The molecule has 2 aliphatic rings. The van der Waals surface area contributed by atoms with E-state index >= 15 is 0 Å². The number of thioether (sulfide) groups is 2. The van der Waals surface area contributed by atoms with Crippen molar-refractivity contribution < 1.29 is 19.0 Å². The third kappa shape index (κ3) is 4.22. The van der Waals surface area contributed by atoms with Crippen LogP contribution in [0.25, 0.3) is 0 Å². The molecule has 0 unspecified atom stereocenters. The number of rotatable bonds is 5. The number of carbonyl (C=O) groups excluding carboxylic acids is 1. The molecular formula is C19H19NO4S2. The maximum absolute atomic E-state index is 12.1. The quantitative estimate of drug-likeness (QED) is 0.836. The van der Waals surface area contributed by atoms with E-state index in [1.807, 2.05) is 35.7 Å². The summed E-state index contributed by atoms with van der Waals surface area (Å²) >= 11 is 3.94. The van der Waals surface area contributed by atoms with E-state index in [0.717, 1.165) is 0 Å². The van der Waals surface area contributed by atoms with Gasteiger partial charge in [0.05, 0.1) is 4.58 Å². The first-order valence-corrected chi connectivity index (χ1v) is 10.5. The van der Waals surface area contributed by atoms with Gasteiger partial charge in [0, 0.05) is 23.3 Å². The molecule has 0 aromatic heterocycles. The van der Waals surface area contributed by atoms with Crippen LogP contribution in [0.1, 0.15) is 10.1 Å². The van der Waals surface area contributed by atoms with E-state index < -0.39 is 0 Å². The van der Waals surface area contributed by atoms with Crippen molar-refractivity contribution in [1.29, 1.82) is 0 Å². The molecule has 2 aliphatic heterocycles. The normalized spacial score (nSPS) is 16.3. The van der Waals surface area contributed by atoms with Crippen molar-refractivity contribution in [3.8, 4) is 17.2 Å². The predicted molar refractivity (Wildman–Crippen MR) is 106 cm³/mol. The predicted octanol–water partition coefficient (Wildman–Crippen LogP) is 3.95. The lowest BCUT2D eigenvalue weighted by atomic mass is 10.2. The van der Waals surface area contributed by atoms with Gasteiger partial charge in [-0.3, -0.25) is 4.79 Å². The molecule has 5 nitrogen and oxygen atoms in total. The van der Waals surface area contributed by atoms with Gasteiger partial charge in [0.15, 0.2) is 18.1 Å². The van der Waals surface area contributed by atoms with Crippen LogP contribution in [-0.2, 0) is 4.79 Å². The fraction of sp³-hybridized carbons (Fsp3) is 0.316. The van der Waals surface area contributed by atoms with Gasteiger partial charge in [0.2, 0.25) is 0 Å². The molecule has 26 heavy (non-hydrogen) atoms. The molecule has 4 rings (SSSR count). The Bertz CT molecular complexity index is 776. The number of hydrogen-bond donors (Lipinski definition) is 1. The molecule has 2 heterocycles. The van der Waals surface area contributed by atoms with Gasteiger partial charge in [-0.2, -0.15) is 0 Å². The summed E-state index contributed by atoms with van der Waals surface area (Å²) in [7, 11) is 0. The molecule has 2 aromatic carbocycles. The Kier molecular flexibility index (Phi) is 5.45. The van der Waals surface area contributed by atoms with Crippen molar-refractivity contribution in [3.05, 3.63) is 48.0 Å². The van der Waals surface area contributed by atoms with Crippen LogP contribution in [0.15, 0.2) is 42.5 Å². The highest BCUT2D eigenvalue weighted by Gasteiger charge is 2.18. The maximum Gasteiger partial charge on any atom is 0.262 e.